The molecule has 2 aromatic rings. The second kappa shape index (κ2) is 5.18. The molecule has 1 saturated carbocycles. The molecule has 1 aliphatic heterocycles. The van der Waals surface area contributed by atoms with Gasteiger partial charge in [0.15, 0.2) is 5.13 Å². The zero-order valence-electron chi connectivity index (χ0n) is 11.2. The summed E-state index contributed by atoms with van der Waals surface area (Å²) in [7, 11) is 0. The van der Waals surface area contributed by atoms with E-state index in [0.717, 1.165) is 30.6 Å². The number of nitrogens with one attached hydrogen (secondary N) is 1. The molecular formula is C14H18N4OS. The summed E-state index contributed by atoms with van der Waals surface area (Å²) in [5.41, 5.74) is 1.20. The van der Waals surface area contributed by atoms with Crippen LogP contribution in [0.2, 0.25) is 0 Å². The van der Waals surface area contributed by atoms with E-state index in [4.69, 9.17) is 4.74 Å². The van der Waals surface area contributed by atoms with Gasteiger partial charge in [0.25, 0.3) is 0 Å². The minimum absolute atomic E-state index is 0.0835. The van der Waals surface area contributed by atoms with E-state index in [1.54, 1.807) is 11.3 Å². The molecule has 5 nitrogen and oxygen atoms in total. The van der Waals surface area contributed by atoms with Gasteiger partial charge in [-0.2, -0.15) is 5.10 Å². The van der Waals surface area contributed by atoms with Gasteiger partial charge in [0, 0.05) is 30.9 Å². The highest BCUT2D eigenvalue weighted by Crippen LogP contribution is 2.35. The summed E-state index contributed by atoms with van der Waals surface area (Å²) in [5.74, 6) is 0.820. The van der Waals surface area contributed by atoms with Crippen molar-refractivity contribution in [3.63, 3.8) is 0 Å². The maximum absolute atomic E-state index is 5.95. The van der Waals surface area contributed by atoms with Crippen LogP contribution in [-0.4, -0.2) is 27.4 Å². The number of thiazole rings is 1. The van der Waals surface area contributed by atoms with Crippen LogP contribution in [0.5, 0.6) is 0 Å². The average molecular weight is 290 g/mol. The van der Waals surface area contributed by atoms with Crippen molar-refractivity contribution in [1.29, 1.82) is 0 Å². The highest BCUT2D eigenvalue weighted by molar-refractivity contribution is 7.13. The van der Waals surface area contributed by atoms with E-state index in [1.807, 2.05) is 17.8 Å². The topological polar surface area (TPSA) is 52.0 Å². The van der Waals surface area contributed by atoms with Crippen LogP contribution in [-0.2, 0) is 11.3 Å². The molecule has 1 aliphatic carbocycles. The molecule has 0 aromatic carbocycles. The van der Waals surface area contributed by atoms with Crippen molar-refractivity contribution in [2.24, 2.45) is 5.92 Å². The molecule has 2 fully saturated rings. The fraction of sp³-hybridized carbons (Fsp3) is 0.571. The number of aromatic nitrogens is 3. The summed E-state index contributed by atoms with van der Waals surface area (Å²) >= 11 is 1.63. The smallest absolute Gasteiger partial charge is 0.182 e. The monoisotopic (exact) mass is 290 g/mol. The molecule has 3 heterocycles. The molecule has 20 heavy (non-hydrogen) atoms. The molecule has 1 N–H and O–H groups in total. The lowest BCUT2D eigenvalue weighted by Gasteiger charge is -2.20. The Hall–Kier alpha value is -1.40. The lowest BCUT2D eigenvalue weighted by atomic mass is 10.1. The number of rotatable bonds is 5. The summed E-state index contributed by atoms with van der Waals surface area (Å²) in [5, 5.41) is 10.9. The Morgan fingerprint density at radius 3 is 3.10 bits per heavy atom. The molecule has 2 aromatic heterocycles. The van der Waals surface area contributed by atoms with Gasteiger partial charge >= 0.3 is 0 Å². The lowest BCUT2D eigenvalue weighted by Crippen LogP contribution is -2.25. The molecule has 1 saturated heterocycles. The van der Waals surface area contributed by atoms with Crippen LogP contribution < -0.4 is 5.32 Å². The highest BCUT2D eigenvalue weighted by atomic mass is 32.1. The normalized spacial score (nSPS) is 26.0. The fourth-order valence-electron chi connectivity index (χ4n) is 2.76. The lowest BCUT2D eigenvalue weighted by molar-refractivity contribution is 0.0996. The first-order chi connectivity index (χ1) is 9.90. The van der Waals surface area contributed by atoms with Crippen LogP contribution in [0.25, 0.3) is 0 Å². The van der Waals surface area contributed by atoms with Crippen LogP contribution in [0, 0.1) is 5.92 Å². The van der Waals surface area contributed by atoms with Crippen molar-refractivity contribution in [2.75, 3.05) is 11.9 Å². The van der Waals surface area contributed by atoms with Gasteiger partial charge in [-0.25, -0.2) is 4.98 Å². The minimum Gasteiger partial charge on any atom is -0.370 e. The number of hydrogen-bond acceptors (Lipinski definition) is 5. The van der Waals surface area contributed by atoms with E-state index < -0.39 is 0 Å². The first kappa shape index (κ1) is 12.3. The summed E-state index contributed by atoms with van der Waals surface area (Å²) in [4.78, 5) is 4.31. The molecule has 4 rings (SSSR count). The quantitative estimate of drug-likeness (QED) is 0.920. The standard InChI is InChI=1S/C14H18N4OS/c1-2-10(1)9-18-12(3-5-16-18)13-11(4-7-19-13)17-14-15-6-8-20-14/h3,5-6,8,10-11,13H,1-2,4,7,9H2,(H,15,17)/t11-,13-/m1/s1. The van der Waals surface area contributed by atoms with Crippen LogP contribution in [0.4, 0.5) is 5.13 Å². The van der Waals surface area contributed by atoms with Crippen molar-refractivity contribution in [1.82, 2.24) is 14.8 Å². The van der Waals surface area contributed by atoms with Crippen molar-refractivity contribution in [3.8, 4) is 0 Å². The number of ether oxygens (including phenoxy) is 1. The average Bonchev–Trinajstić information content (AvgIpc) is 2.89. The van der Waals surface area contributed by atoms with E-state index in [9.17, 15) is 0 Å². The maximum Gasteiger partial charge on any atom is 0.182 e. The molecular weight excluding hydrogens is 272 g/mol. The van der Waals surface area contributed by atoms with Gasteiger partial charge in [0.05, 0.1) is 11.7 Å². The van der Waals surface area contributed by atoms with E-state index in [0.29, 0.717) is 0 Å². The van der Waals surface area contributed by atoms with E-state index in [-0.39, 0.29) is 12.1 Å². The number of anilines is 1. The predicted molar refractivity (Wildman–Crippen MR) is 77.8 cm³/mol. The predicted octanol–water partition coefficient (Wildman–Crippen LogP) is 2.69. The molecule has 2 aliphatic rings. The molecule has 0 radical (unpaired) electrons. The van der Waals surface area contributed by atoms with Gasteiger partial charge in [-0.3, -0.25) is 4.68 Å². The summed E-state index contributed by atoms with van der Waals surface area (Å²) in [6.45, 7) is 1.83. The van der Waals surface area contributed by atoms with Gasteiger partial charge < -0.3 is 10.1 Å². The molecule has 6 heteroatoms. The van der Waals surface area contributed by atoms with E-state index in [2.05, 4.69) is 26.1 Å². The largest absolute Gasteiger partial charge is 0.370 e. The minimum atomic E-state index is 0.0835. The Balaban J connectivity index is 1.52. The van der Waals surface area contributed by atoms with Crippen molar-refractivity contribution in [3.05, 3.63) is 29.5 Å². The van der Waals surface area contributed by atoms with E-state index in [1.165, 1.54) is 18.5 Å². The van der Waals surface area contributed by atoms with Gasteiger partial charge in [-0.1, -0.05) is 0 Å². The van der Waals surface area contributed by atoms with Crippen molar-refractivity contribution in [2.45, 2.75) is 38.0 Å². The molecule has 0 spiro atoms. The third-order valence-electron chi connectivity index (χ3n) is 4.00. The zero-order valence-corrected chi connectivity index (χ0v) is 12.1. The van der Waals surface area contributed by atoms with Crippen LogP contribution >= 0.6 is 11.3 Å². The van der Waals surface area contributed by atoms with Gasteiger partial charge in [-0.15, -0.1) is 11.3 Å². The number of nitrogens with zero attached hydrogens (tertiary/aromatic N) is 3. The second-order valence-electron chi connectivity index (χ2n) is 5.55. The van der Waals surface area contributed by atoms with Gasteiger partial charge in [-0.05, 0) is 31.2 Å². The van der Waals surface area contributed by atoms with Crippen LogP contribution in [0.1, 0.15) is 31.1 Å². The Morgan fingerprint density at radius 2 is 2.30 bits per heavy atom. The molecule has 0 unspecified atom stereocenters. The Morgan fingerprint density at radius 1 is 1.35 bits per heavy atom. The maximum atomic E-state index is 5.95. The Labute approximate surface area is 122 Å². The van der Waals surface area contributed by atoms with E-state index >= 15 is 0 Å². The third-order valence-corrected chi connectivity index (χ3v) is 4.71. The van der Waals surface area contributed by atoms with Gasteiger partial charge in [0.2, 0.25) is 0 Å². The van der Waals surface area contributed by atoms with Crippen LogP contribution in [0.15, 0.2) is 23.8 Å². The number of hydrogen-bond donors (Lipinski definition) is 1. The summed E-state index contributed by atoms with van der Waals surface area (Å²) < 4.78 is 8.08. The third kappa shape index (κ3) is 2.45. The first-order valence-electron chi connectivity index (χ1n) is 7.19. The van der Waals surface area contributed by atoms with Crippen molar-refractivity contribution < 1.29 is 4.74 Å². The summed E-state index contributed by atoms with van der Waals surface area (Å²) in [6.07, 6.45) is 7.49. The molecule has 0 bridgehead atoms. The zero-order chi connectivity index (χ0) is 13.4. The highest BCUT2D eigenvalue weighted by Gasteiger charge is 2.33. The summed E-state index contributed by atoms with van der Waals surface area (Å²) in [6, 6.07) is 2.38. The fourth-order valence-corrected chi connectivity index (χ4v) is 3.36. The second-order valence-corrected chi connectivity index (χ2v) is 6.44. The van der Waals surface area contributed by atoms with Gasteiger partial charge in [0.1, 0.15) is 6.10 Å². The molecule has 0 amide bonds. The van der Waals surface area contributed by atoms with Crippen molar-refractivity contribution >= 4 is 16.5 Å². The Bertz CT molecular complexity index is 564. The first-order valence-corrected chi connectivity index (χ1v) is 8.07. The van der Waals surface area contributed by atoms with Crippen LogP contribution in [0.3, 0.4) is 0 Å². The Kier molecular flexibility index (Phi) is 3.20. The SMILES string of the molecule is c1csc(N[C@@H]2CCO[C@H]2c2ccnn2CC2CC2)n1. The molecule has 2 atom stereocenters. The molecule has 106 valence electrons.